The first-order chi connectivity index (χ1) is 18.7. The monoisotopic (exact) mass is 535 g/mol. The minimum absolute atomic E-state index is 0.0187. The summed E-state index contributed by atoms with van der Waals surface area (Å²) in [5.74, 6) is -0.550. The smallest absolute Gasteiger partial charge is 0.354 e. The van der Waals surface area contributed by atoms with Crippen molar-refractivity contribution in [2.75, 3.05) is 11.9 Å². The van der Waals surface area contributed by atoms with Crippen molar-refractivity contribution >= 4 is 17.5 Å². The van der Waals surface area contributed by atoms with Gasteiger partial charge in [-0.15, -0.1) is 0 Å². The van der Waals surface area contributed by atoms with Gasteiger partial charge in [0.05, 0.1) is 5.56 Å². The van der Waals surface area contributed by atoms with Crippen molar-refractivity contribution < 1.29 is 22.8 Å². The number of carbonyl (C=O) groups is 2. The van der Waals surface area contributed by atoms with Gasteiger partial charge >= 0.3 is 6.18 Å². The van der Waals surface area contributed by atoms with Gasteiger partial charge in [0, 0.05) is 43.3 Å². The first-order valence-corrected chi connectivity index (χ1v) is 13.4. The van der Waals surface area contributed by atoms with Crippen molar-refractivity contribution in [3.8, 4) is 11.1 Å². The maximum absolute atomic E-state index is 13.5. The quantitative estimate of drug-likeness (QED) is 0.396. The van der Waals surface area contributed by atoms with Crippen LogP contribution in [0.3, 0.4) is 0 Å². The van der Waals surface area contributed by atoms with Crippen LogP contribution >= 0.6 is 0 Å². The number of fused-ring (bicyclic) bond motifs is 1. The molecular weight excluding hydrogens is 503 g/mol. The van der Waals surface area contributed by atoms with Crippen molar-refractivity contribution in [1.29, 1.82) is 0 Å². The number of nitrogens with zero attached hydrogens (tertiary/aromatic N) is 1. The third-order valence-corrected chi connectivity index (χ3v) is 7.80. The molecule has 3 aromatic carbocycles. The van der Waals surface area contributed by atoms with Gasteiger partial charge in [-0.25, -0.2) is 0 Å². The van der Waals surface area contributed by atoms with Crippen molar-refractivity contribution in [2.45, 2.75) is 63.8 Å². The van der Waals surface area contributed by atoms with Crippen LogP contribution in [-0.2, 0) is 23.9 Å². The number of carbonyl (C=O) groups excluding carboxylic acids is 2. The third-order valence-electron chi connectivity index (χ3n) is 7.80. The Labute approximate surface area is 226 Å². The molecular formula is C31H32F3N3O2. The SMILES string of the molecule is CC(=O)NC1CCC(N2CCc3cc(NC(=O)c4cc(C(F)(F)F)ccc4-c4ccccc4)ccc3C2)CC1. The summed E-state index contributed by atoms with van der Waals surface area (Å²) < 4.78 is 40.4. The van der Waals surface area contributed by atoms with E-state index in [9.17, 15) is 22.8 Å². The number of amides is 2. The molecule has 3 aromatic rings. The maximum atomic E-state index is 13.5. The molecule has 1 fully saturated rings. The van der Waals surface area contributed by atoms with Gasteiger partial charge in [0.2, 0.25) is 5.91 Å². The summed E-state index contributed by atoms with van der Waals surface area (Å²) in [5, 5.41) is 5.87. The van der Waals surface area contributed by atoms with E-state index in [1.54, 1.807) is 31.2 Å². The second-order valence-electron chi connectivity index (χ2n) is 10.5. The Morgan fingerprint density at radius 3 is 2.33 bits per heavy atom. The Morgan fingerprint density at radius 1 is 0.897 bits per heavy atom. The van der Waals surface area contributed by atoms with Crippen LogP contribution in [0.25, 0.3) is 11.1 Å². The Kier molecular flexibility index (Phi) is 7.75. The molecule has 1 aliphatic carbocycles. The third kappa shape index (κ3) is 6.33. The van der Waals surface area contributed by atoms with E-state index in [0.29, 0.717) is 22.9 Å². The molecule has 5 rings (SSSR count). The summed E-state index contributed by atoms with van der Waals surface area (Å²) in [6.45, 7) is 3.29. The number of alkyl halides is 3. The van der Waals surface area contributed by atoms with Crippen LogP contribution < -0.4 is 10.6 Å². The fraction of sp³-hybridized carbons (Fsp3) is 0.355. The minimum Gasteiger partial charge on any atom is -0.354 e. The Morgan fingerprint density at radius 2 is 1.64 bits per heavy atom. The number of halogens is 3. The minimum atomic E-state index is -4.55. The van der Waals surface area contributed by atoms with Gasteiger partial charge < -0.3 is 10.6 Å². The van der Waals surface area contributed by atoms with E-state index >= 15 is 0 Å². The fourth-order valence-electron chi connectivity index (χ4n) is 5.81. The maximum Gasteiger partial charge on any atom is 0.416 e. The second-order valence-corrected chi connectivity index (χ2v) is 10.5. The lowest BCUT2D eigenvalue weighted by molar-refractivity contribution is -0.137. The van der Waals surface area contributed by atoms with E-state index in [2.05, 4.69) is 15.5 Å². The standard InChI is InChI=1S/C31H32F3N3O2/c1-20(38)35-25-10-12-27(13-11-25)37-16-15-22-17-26(9-7-23(22)19-37)36-30(39)29-18-24(31(32,33)34)8-14-28(29)21-5-3-2-4-6-21/h2-9,14,17-18,25,27H,10-13,15-16,19H2,1H3,(H,35,38)(H,36,39). The van der Waals surface area contributed by atoms with E-state index < -0.39 is 17.6 Å². The molecule has 1 aliphatic heterocycles. The number of anilines is 1. The predicted octanol–water partition coefficient (Wildman–Crippen LogP) is 6.43. The molecule has 0 radical (unpaired) electrons. The molecule has 1 saturated carbocycles. The Balaban J connectivity index is 1.30. The molecule has 2 amide bonds. The summed E-state index contributed by atoms with van der Waals surface area (Å²) in [6.07, 6.45) is 0.358. The lowest BCUT2D eigenvalue weighted by atomic mass is 9.88. The lowest BCUT2D eigenvalue weighted by Crippen LogP contribution is -2.45. The summed E-state index contributed by atoms with van der Waals surface area (Å²) in [6, 6.07) is 18.8. The zero-order valence-corrected chi connectivity index (χ0v) is 21.9. The second kappa shape index (κ2) is 11.2. The Bertz CT molecular complexity index is 1350. The van der Waals surface area contributed by atoms with Crippen LogP contribution in [0.1, 0.15) is 59.7 Å². The first-order valence-electron chi connectivity index (χ1n) is 13.4. The highest BCUT2D eigenvalue weighted by Gasteiger charge is 2.32. The lowest BCUT2D eigenvalue weighted by Gasteiger charge is -2.39. The number of hydrogen-bond donors (Lipinski definition) is 2. The highest BCUT2D eigenvalue weighted by molar-refractivity contribution is 6.09. The van der Waals surface area contributed by atoms with Gasteiger partial charge in [-0.2, -0.15) is 13.2 Å². The van der Waals surface area contributed by atoms with E-state index in [4.69, 9.17) is 0 Å². The molecule has 0 atom stereocenters. The fourth-order valence-corrected chi connectivity index (χ4v) is 5.81. The summed E-state index contributed by atoms with van der Waals surface area (Å²) in [5.41, 5.74) is 3.16. The number of hydrogen-bond acceptors (Lipinski definition) is 3. The zero-order valence-electron chi connectivity index (χ0n) is 21.9. The number of benzene rings is 3. The van der Waals surface area contributed by atoms with Gasteiger partial charge in [0.25, 0.3) is 5.91 Å². The molecule has 204 valence electrons. The summed E-state index contributed by atoms with van der Waals surface area (Å²) in [7, 11) is 0. The summed E-state index contributed by atoms with van der Waals surface area (Å²) in [4.78, 5) is 27.1. The van der Waals surface area contributed by atoms with Crippen molar-refractivity contribution in [2.24, 2.45) is 0 Å². The van der Waals surface area contributed by atoms with Crippen LogP contribution in [-0.4, -0.2) is 35.3 Å². The molecule has 0 spiro atoms. The van der Waals surface area contributed by atoms with Crippen molar-refractivity contribution in [1.82, 2.24) is 10.2 Å². The predicted molar refractivity (Wildman–Crippen MR) is 145 cm³/mol. The zero-order chi connectivity index (χ0) is 27.6. The average molecular weight is 536 g/mol. The highest BCUT2D eigenvalue weighted by atomic mass is 19.4. The topological polar surface area (TPSA) is 61.4 Å². The molecule has 2 aliphatic rings. The van der Waals surface area contributed by atoms with Gasteiger partial charge in [0.1, 0.15) is 0 Å². The average Bonchev–Trinajstić information content (AvgIpc) is 2.92. The molecule has 39 heavy (non-hydrogen) atoms. The highest BCUT2D eigenvalue weighted by Crippen LogP contribution is 2.34. The molecule has 5 nitrogen and oxygen atoms in total. The van der Waals surface area contributed by atoms with E-state index in [-0.39, 0.29) is 17.5 Å². The molecule has 1 heterocycles. The van der Waals surface area contributed by atoms with Crippen LogP contribution in [0.15, 0.2) is 66.7 Å². The van der Waals surface area contributed by atoms with Crippen molar-refractivity contribution in [3.63, 3.8) is 0 Å². The molecule has 8 heteroatoms. The molecule has 0 unspecified atom stereocenters. The normalized spacial score (nSPS) is 19.7. The van der Waals surface area contributed by atoms with Crippen LogP contribution in [0.2, 0.25) is 0 Å². The van der Waals surface area contributed by atoms with Gasteiger partial charge in [-0.3, -0.25) is 14.5 Å². The van der Waals surface area contributed by atoms with Gasteiger partial charge in [0.15, 0.2) is 0 Å². The molecule has 2 N–H and O–H groups in total. The molecule has 0 saturated heterocycles. The number of rotatable bonds is 5. The summed E-state index contributed by atoms with van der Waals surface area (Å²) >= 11 is 0. The first kappa shape index (κ1) is 26.9. The largest absolute Gasteiger partial charge is 0.416 e. The molecule has 0 aromatic heterocycles. The molecule has 0 bridgehead atoms. The van der Waals surface area contributed by atoms with Crippen LogP contribution in [0, 0.1) is 0 Å². The van der Waals surface area contributed by atoms with Gasteiger partial charge in [-0.05, 0) is 78.6 Å². The Hall–Kier alpha value is -3.65. The van der Waals surface area contributed by atoms with Gasteiger partial charge in [-0.1, -0.05) is 42.5 Å². The van der Waals surface area contributed by atoms with Crippen LogP contribution in [0.4, 0.5) is 18.9 Å². The van der Waals surface area contributed by atoms with E-state index in [1.807, 2.05) is 24.3 Å². The van der Waals surface area contributed by atoms with E-state index in [0.717, 1.165) is 62.9 Å². The van der Waals surface area contributed by atoms with Crippen LogP contribution in [0.5, 0.6) is 0 Å². The van der Waals surface area contributed by atoms with E-state index in [1.165, 1.54) is 11.6 Å². The van der Waals surface area contributed by atoms with Crippen molar-refractivity contribution in [3.05, 3.63) is 89.0 Å². The number of nitrogens with one attached hydrogen (secondary N) is 2.